The van der Waals surface area contributed by atoms with Gasteiger partial charge in [-0.15, -0.1) is 0 Å². The Morgan fingerprint density at radius 1 is 1.19 bits per heavy atom. The lowest BCUT2D eigenvalue weighted by molar-refractivity contribution is -0.192. The van der Waals surface area contributed by atoms with Gasteiger partial charge in [0.05, 0.1) is 24.9 Å². The van der Waals surface area contributed by atoms with E-state index in [0.717, 1.165) is 58.0 Å². The zero-order valence-electron chi connectivity index (χ0n) is 22.8. The molecular formula is C28H29F3N4O6S. The lowest BCUT2D eigenvalue weighted by Crippen LogP contribution is -2.48. The molecule has 0 bridgehead atoms. The number of halogens is 3. The Balaban J connectivity index is 0.000000451. The van der Waals surface area contributed by atoms with Gasteiger partial charge in [-0.1, -0.05) is 23.5 Å². The van der Waals surface area contributed by atoms with Gasteiger partial charge in [0.1, 0.15) is 4.88 Å². The quantitative estimate of drug-likeness (QED) is 0.377. The molecule has 1 atom stereocenters. The topological polar surface area (TPSA) is 122 Å². The Morgan fingerprint density at radius 3 is 2.69 bits per heavy atom. The Morgan fingerprint density at radius 2 is 1.93 bits per heavy atom. The molecule has 1 unspecified atom stereocenters. The molecule has 2 aromatic carbocycles. The predicted molar refractivity (Wildman–Crippen MR) is 149 cm³/mol. The first-order valence-electron chi connectivity index (χ1n) is 13.1. The van der Waals surface area contributed by atoms with E-state index >= 15 is 0 Å². The number of alkyl halides is 3. The van der Waals surface area contributed by atoms with Gasteiger partial charge in [-0.3, -0.25) is 4.79 Å². The SMILES string of the molecule is CC1(C)Cc2nc(N3CCOCC3Cc3cccc(Nc4ccc5c(c4)OCO5)c3)sc2C(=O)N1.O=C(O)C(F)(F)F. The second kappa shape index (κ2) is 11.7. The number of hydrogen-bond acceptors (Lipinski definition) is 9. The van der Waals surface area contributed by atoms with Gasteiger partial charge in [0.2, 0.25) is 6.79 Å². The molecule has 3 aliphatic rings. The average molecular weight is 607 g/mol. The molecule has 0 aliphatic carbocycles. The van der Waals surface area contributed by atoms with E-state index in [1.165, 1.54) is 16.9 Å². The first kappa shape index (κ1) is 29.5. The summed E-state index contributed by atoms with van der Waals surface area (Å²) in [6, 6.07) is 14.4. The number of anilines is 3. The summed E-state index contributed by atoms with van der Waals surface area (Å²) in [5, 5.41) is 14.6. The molecular weight excluding hydrogens is 577 g/mol. The third kappa shape index (κ3) is 6.87. The molecule has 0 spiro atoms. The van der Waals surface area contributed by atoms with Crippen LogP contribution in [0.2, 0.25) is 0 Å². The van der Waals surface area contributed by atoms with Gasteiger partial charge < -0.3 is 34.9 Å². The zero-order chi connectivity index (χ0) is 30.1. The van der Waals surface area contributed by atoms with E-state index in [1.807, 2.05) is 32.0 Å². The number of hydrogen-bond donors (Lipinski definition) is 3. The number of rotatable bonds is 5. The molecule has 6 rings (SSSR count). The number of carbonyl (C=O) groups excluding carboxylic acids is 1. The van der Waals surface area contributed by atoms with Crippen LogP contribution in [0.25, 0.3) is 0 Å². The number of morpholine rings is 1. The summed E-state index contributed by atoms with van der Waals surface area (Å²) in [5.41, 5.74) is 3.79. The first-order chi connectivity index (χ1) is 19.9. The van der Waals surface area contributed by atoms with E-state index < -0.39 is 12.1 Å². The second-order valence-corrected chi connectivity index (χ2v) is 11.6. The number of carboxylic acid groups (broad SMARTS) is 1. The number of amides is 1. The number of fused-ring (bicyclic) bond motifs is 2. The molecule has 0 saturated carbocycles. The maximum atomic E-state index is 12.6. The molecule has 0 radical (unpaired) electrons. The number of aromatic nitrogens is 1. The Hall–Kier alpha value is -4.04. The summed E-state index contributed by atoms with van der Waals surface area (Å²) in [6.07, 6.45) is -3.52. The third-order valence-corrected chi connectivity index (χ3v) is 7.86. The number of ether oxygens (including phenoxy) is 3. The fraction of sp³-hybridized carbons (Fsp3) is 0.393. The van der Waals surface area contributed by atoms with Crippen LogP contribution >= 0.6 is 11.3 Å². The Bertz CT molecular complexity index is 1480. The standard InChI is InChI=1S/C26H28N4O4S.C2HF3O2/c1-26(2)13-20-23(24(31)29-26)35-25(28-20)30-8-9-32-14-19(30)11-16-4-3-5-17(10-16)27-18-6-7-21-22(12-18)34-15-33-21;3-2(4,5)1(6)7/h3-7,10,12,19,27H,8-9,11,13-15H2,1-2H3,(H,29,31);(H,6,7). The van der Waals surface area contributed by atoms with E-state index in [4.69, 9.17) is 29.1 Å². The fourth-order valence-corrected chi connectivity index (χ4v) is 5.93. The molecule has 3 N–H and O–H groups in total. The summed E-state index contributed by atoms with van der Waals surface area (Å²) in [6.45, 7) is 6.38. The number of benzene rings is 2. The van der Waals surface area contributed by atoms with Crippen molar-refractivity contribution >= 4 is 39.7 Å². The van der Waals surface area contributed by atoms with Crippen molar-refractivity contribution in [1.82, 2.24) is 10.3 Å². The van der Waals surface area contributed by atoms with Gasteiger partial charge in [-0.05, 0) is 50.1 Å². The van der Waals surface area contributed by atoms with Gasteiger partial charge in [-0.25, -0.2) is 9.78 Å². The van der Waals surface area contributed by atoms with Gasteiger partial charge in [-0.2, -0.15) is 13.2 Å². The summed E-state index contributed by atoms with van der Waals surface area (Å²) in [4.78, 5) is 29.5. The van der Waals surface area contributed by atoms with Crippen LogP contribution in [-0.4, -0.2) is 66.3 Å². The summed E-state index contributed by atoms with van der Waals surface area (Å²) in [5.74, 6) is -1.25. The Labute approximate surface area is 243 Å². The molecule has 1 aromatic heterocycles. The molecule has 1 fully saturated rings. The minimum absolute atomic E-state index is 0.0212. The predicted octanol–water partition coefficient (Wildman–Crippen LogP) is 4.76. The summed E-state index contributed by atoms with van der Waals surface area (Å²) >= 11 is 1.49. The number of carboxylic acids is 1. The lowest BCUT2D eigenvalue weighted by Gasteiger charge is -2.35. The zero-order valence-corrected chi connectivity index (χ0v) is 23.6. The minimum atomic E-state index is -5.08. The molecule has 14 heteroatoms. The molecule has 1 saturated heterocycles. The smallest absolute Gasteiger partial charge is 0.475 e. The number of nitrogens with zero attached hydrogens (tertiary/aromatic N) is 2. The van der Waals surface area contributed by atoms with Crippen LogP contribution in [0, 0.1) is 0 Å². The molecule has 3 aromatic rings. The number of thiazole rings is 1. The van der Waals surface area contributed by atoms with Crippen molar-refractivity contribution in [1.29, 1.82) is 0 Å². The molecule has 42 heavy (non-hydrogen) atoms. The van der Waals surface area contributed by atoms with Crippen LogP contribution in [0.3, 0.4) is 0 Å². The normalized spacial score (nSPS) is 18.8. The lowest BCUT2D eigenvalue weighted by atomic mass is 9.94. The van der Waals surface area contributed by atoms with Crippen molar-refractivity contribution in [3.63, 3.8) is 0 Å². The second-order valence-electron chi connectivity index (χ2n) is 10.6. The molecule has 1 amide bonds. The van der Waals surface area contributed by atoms with Crippen LogP contribution in [0.15, 0.2) is 42.5 Å². The number of carbonyl (C=O) groups is 2. The highest BCUT2D eigenvalue weighted by atomic mass is 32.1. The largest absolute Gasteiger partial charge is 0.490 e. The van der Waals surface area contributed by atoms with E-state index in [1.54, 1.807) is 0 Å². The molecule has 10 nitrogen and oxygen atoms in total. The summed E-state index contributed by atoms with van der Waals surface area (Å²) in [7, 11) is 0. The number of nitrogens with one attached hydrogen (secondary N) is 2. The average Bonchev–Trinajstić information content (AvgIpc) is 3.55. The van der Waals surface area contributed by atoms with Gasteiger partial charge in [0.25, 0.3) is 5.91 Å². The van der Waals surface area contributed by atoms with Crippen molar-refractivity contribution in [3.05, 3.63) is 58.6 Å². The maximum absolute atomic E-state index is 12.6. The van der Waals surface area contributed by atoms with Crippen LogP contribution in [0.5, 0.6) is 11.5 Å². The third-order valence-electron chi connectivity index (χ3n) is 6.73. The van der Waals surface area contributed by atoms with Crippen molar-refractivity contribution < 1.29 is 42.1 Å². The van der Waals surface area contributed by atoms with Crippen molar-refractivity contribution in [2.75, 3.05) is 36.8 Å². The fourth-order valence-electron chi connectivity index (χ4n) is 4.85. The van der Waals surface area contributed by atoms with Gasteiger partial charge in [0.15, 0.2) is 16.6 Å². The maximum Gasteiger partial charge on any atom is 0.490 e. The number of aliphatic carboxylic acids is 1. The highest BCUT2D eigenvalue weighted by Crippen LogP contribution is 2.36. The minimum Gasteiger partial charge on any atom is -0.475 e. The molecule has 3 aliphatic heterocycles. The van der Waals surface area contributed by atoms with Crippen molar-refractivity contribution in [2.24, 2.45) is 0 Å². The van der Waals surface area contributed by atoms with E-state index in [0.29, 0.717) is 13.2 Å². The summed E-state index contributed by atoms with van der Waals surface area (Å²) < 4.78 is 48.5. The van der Waals surface area contributed by atoms with Crippen molar-refractivity contribution in [2.45, 2.75) is 44.4 Å². The highest BCUT2D eigenvalue weighted by molar-refractivity contribution is 7.17. The van der Waals surface area contributed by atoms with Crippen LogP contribution < -0.4 is 25.0 Å². The van der Waals surface area contributed by atoms with E-state index in [-0.39, 0.29) is 24.3 Å². The van der Waals surface area contributed by atoms with Crippen LogP contribution in [0.4, 0.5) is 29.7 Å². The first-order valence-corrected chi connectivity index (χ1v) is 13.9. The highest BCUT2D eigenvalue weighted by Gasteiger charge is 2.38. The van der Waals surface area contributed by atoms with Crippen LogP contribution in [0.1, 0.15) is 34.8 Å². The van der Waals surface area contributed by atoms with Gasteiger partial charge >= 0.3 is 12.1 Å². The van der Waals surface area contributed by atoms with E-state index in [9.17, 15) is 18.0 Å². The molecule has 224 valence electrons. The molecule has 4 heterocycles. The Kier molecular flexibility index (Phi) is 8.19. The van der Waals surface area contributed by atoms with Gasteiger partial charge in [0, 0.05) is 35.9 Å². The van der Waals surface area contributed by atoms with Crippen molar-refractivity contribution in [3.8, 4) is 11.5 Å². The monoisotopic (exact) mass is 606 g/mol. The van der Waals surface area contributed by atoms with E-state index in [2.05, 4.69) is 39.8 Å². The van der Waals surface area contributed by atoms with Crippen LogP contribution in [-0.2, 0) is 22.4 Å².